The number of aromatic nitrogens is 2. The minimum absolute atomic E-state index is 0.405. The van der Waals surface area contributed by atoms with Crippen LogP contribution in [0.5, 0.6) is 0 Å². The minimum atomic E-state index is -0.478. The summed E-state index contributed by atoms with van der Waals surface area (Å²) in [6.45, 7) is 6.68. The Morgan fingerprint density at radius 2 is 2.10 bits per heavy atom. The van der Waals surface area contributed by atoms with Crippen molar-refractivity contribution >= 4 is 35.3 Å². The number of anilines is 1. The number of alkyl carbamates (subject to hydrolysis) is 1. The van der Waals surface area contributed by atoms with Gasteiger partial charge in [-0.3, -0.25) is 0 Å². The van der Waals surface area contributed by atoms with Crippen LogP contribution in [0.15, 0.2) is 11.2 Å². The summed E-state index contributed by atoms with van der Waals surface area (Å²) in [4.78, 5) is 19.8. The summed E-state index contributed by atoms with van der Waals surface area (Å²) >= 11 is 7.32. The molecular weight excluding hydrogens is 312 g/mol. The van der Waals surface area contributed by atoms with E-state index in [0.717, 1.165) is 6.42 Å². The first-order valence-electron chi connectivity index (χ1n) is 6.59. The van der Waals surface area contributed by atoms with E-state index in [1.54, 1.807) is 6.07 Å². The van der Waals surface area contributed by atoms with Gasteiger partial charge < -0.3 is 15.4 Å². The van der Waals surface area contributed by atoms with E-state index in [0.29, 0.717) is 29.2 Å². The molecule has 0 aromatic carbocycles. The number of hydrogen-bond donors (Lipinski definition) is 2. The molecule has 1 amide bonds. The lowest BCUT2D eigenvalue weighted by Gasteiger charge is -2.19. The Morgan fingerprint density at radius 1 is 1.38 bits per heavy atom. The van der Waals surface area contributed by atoms with Crippen LogP contribution < -0.4 is 10.6 Å². The summed E-state index contributed by atoms with van der Waals surface area (Å²) < 4.78 is 5.14. The predicted octanol–water partition coefficient (Wildman–Crippen LogP) is 3.18. The number of halogens is 1. The lowest BCUT2D eigenvalue weighted by Crippen LogP contribution is -2.33. The Morgan fingerprint density at radius 3 is 2.71 bits per heavy atom. The fourth-order valence-corrected chi connectivity index (χ4v) is 2.00. The quantitative estimate of drug-likeness (QED) is 0.360. The van der Waals surface area contributed by atoms with Crippen LogP contribution in [0.1, 0.15) is 27.2 Å². The zero-order chi connectivity index (χ0) is 15.9. The molecule has 118 valence electrons. The van der Waals surface area contributed by atoms with Gasteiger partial charge in [-0.15, -0.1) is 0 Å². The third-order valence-corrected chi connectivity index (χ3v) is 2.93. The van der Waals surface area contributed by atoms with Crippen LogP contribution in [0, 0.1) is 0 Å². The highest BCUT2D eigenvalue weighted by molar-refractivity contribution is 7.98. The Kier molecular flexibility index (Phi) is 7.04. The van der Waals surface area contributed by atoms with Gasteiger partial charge in [0.25, 0.3) is 0 Å². The number of thioether (sulfide) groups is 1. The van der Waals surface area contributed by atoms with Crippen molar-refractivity contribution in [3.8, 4) is 0 Å². The van der Waals surface area contributed by atoms with E-state index < -0.39 is 11.7 Å². The molecule has 21 heavy (non-hydrogen) atoms. The Bertz CT molecular complexity index is 480. The van der Waals surface area contributed by atoms with E-state index in [9.17, 15) is 4.79 Å². The summed E-state index contributed by atoms with van der Waals surface area (Å²) in [5.41, 5.74) is -0.478. The monoisotopic (exact) mass is 332 g/mol. The van der Waals surface area contributed by atoms with E-state index in [-0.39, 0.29) is 0 Å². The van der Waals surface area contributed by atoms with Gasteiger partial charge in [0, 0.05) is 19.2 Å². The summed E-state index contributed by atoms with van der Waals surface area (Å²) in [6.07, 6.45) is 2.23. The van der Waals surface area contributed by atoms with Crippen molar-refractivity contribution in [3.05, 3.63) is 11.2 Å². The second kappa shape index (κ2) is 8.29. The molecule has 0 unspecified atom stereocenters. The highest BCUT2D eigenvalue weighted by Gasteiger charge is 2.15. The molecule has 0 aliphatic heterocycles. The van der Waals surface area contributed by atoms with Crippen LogP contribution in [0.3, 0.4) is 0 Å². The van der Waals surface area contributed by atoms with Crippen molar-refractivity contribution in [2.45, 2.75) is 37.9 Å². The molecule has 0 saturated heterocycles. The number of amides is 1. The molecule has 1 heterocycles. The number of hydrogen-bond acceptors (Lipinski definition) is 6. The van der Waals surface area contributed by atoms with Gasteiger partial charge in [-0.2, -0.15) is 0 Å². The molecule has 0 spiro atoms. The molecule has 1 rings (SSSR count). The van der Waals surface area contributed by atoms with E-state index in [2.05, 4.69) is 20.6 Å². The molecule has 0 fully saturated rings. The second-order valence-corrected chi connectivity index (χ2v) is 6.43. The predicted molar refractivity (Wildman–Crippen MR) is 86.2 cm³/mol. The van der Waals surface area contributed by atoms with Crippen molar-refractivity contribution in [3.63, 3.8) is 0 Å². The first kappa shape index (κ1) is 17.8. The molecule has 0 saturated carbocycles. The van der Waals surface area contributed by atoms with Gasteiger partial charge in [0.1, 0.15) is 16.6 Å². The van der Waals surface area contributed by atoms with Gasteiger partial charge in [-0.25, -0.2) is 14.8 Å². The average Bonchev–Trinajstić information content (AvgIpc) is 2.35. The third-order valence-electron chi connectivity index (χ3n) is 2.18. The molecule has 2 N–H and O–H groups in total. The van der Waals surface area contributed by atoms with E-state index in [1.807, 2.05) is 27.0 Å². The molecule has 0 aliphatic rings. The molecule has 0 aliphatic carbocycles. The Labute approximate surface area is 134 Å². The smallest absolute Gasteiger partial charge is 0.407 e. The maximum absolute atomic E-state index is 11.4. The third kappa shape index (κ3) is 7.96. The van der Waals surface area contributed by atoms with E-state index in [4.69, 9.17) is 16.3 Å². The Balaban J connectivity index is 2.25. The second-order valence-electron chi connectivity index (χ2n) is 5.27. The minimum Gasteiger partial charge on any atom is -0.444 e. The number of carbonyl (C=O) groups excluding carboxylic acids is 1. The van der Waals surface area contributed by atoms with Gasteiger partial charge in [0.05, 0.1) is 0 Å². The maximum atomic E-state index is 11.4. The lowest BCUT2D eigenvalue weighted by molar-refractivity contribution is 0.0528. The van der Waals surface area contributed by atoms with Gasteiger partial charge in [0.15, 0.2) is 5.16 Å². The normalized spacial score (nSPS) is 11.1. The summed E-state index contributed by atoms with van der Waals surface area (Å²) in [6, 6.07) is 1.67. The SMILES string of the molecule is CSc1nc(Cl)cc(NCCCNC(=O)OC(C)(C)C)n1. The first-order chi connectivity index (χ1) is 9.80. The van der Waals surface area contributed by atoms with E-state index >= 15 is 0 Å². The van der Waals surface area contributed by atoms with Gasteiger partial charge in [0.2, 0.25) is 0 Å². The molecule has 8 heteroatoms. The van der Waals surface area contributed by atoms with Crippen LogP contribution in [0.2, 0.25) is 5.15 Å². The zero-order valence-electron chi connectivity index (χ0n) is 12.7. The largest absolute Gasteiger partial charge is 0.444 e. The molecule has 0 radical (unpaired) electrons. The molecular formula is C13H21ClN4O2S. The fraction of sp³-hybridized carbons (Fsp3) is 0.615. The molecule has 1 aromatic rings. The van der Waals surface area contributed by atoms with Crippen molar-refractivity contribution in [2.75, 3.05) is 24.7 Å². The summed E-state index contributed by atoms with van der Waals surface area (Å²) in [5, 5.41) is 6.86. The van der Waals surface area contributed by atoms with Crippen LogP contribution in [-0.2, 0) is 4.74 Å². The van der Waals surface area contributed by atoms with Gasteiger partial charge >= 0.3 is 6.09 Å². The zero-order valence-corrected chi connectivity index (χ0v) is 14.3. The van der Waals surface area contributed by atoms with Gasteiger partial charge in [-0.1, -0.05) is 23.4 Å². The lowest BCUT2D eigenvalue weighted by atomic mass is 10.2. The summed E-state index contributed by atoms with van der Waals surface area (Å²) in [5.74, 6) is 0.677. The average molecular weight is 333 g/mol. The molecule has 6 nitrogen and oxygen atoms in total. The highest BCUT2D eigenvalue weighted by Crippen LogP contribution is 2.16. The van der Waals surface area contributed by atoms with Crippen molar-refractivity contribution < 1.29 is 9.53 Å². The van der Waals surface area contributed by atoms with Crippen LogP contribution in [-0.4, -0.2) is 41.0 Å². The van der Waals surface area contributed by atoms with Crippen LogP contribution in [0.25, 0.3) is 0 Å². The highest BCUT2D eigenvalue weighted by atomic mass is 35.5. The van der Waals surface area contributed by atoms with Crippen molar-refractivity contribution in [1.82, 2.24) is 15.3 Å². The number of nitrogens with zero attached hydrogens (tertiary/aromatic N) is 2. The molecule has 0 bridgehead atoms. The van der Waals surface area contributed by atoms with Crippen LogP contribution in [0.4, 0.5) is 10.6 Å². The fourth-order valence-electron chi connectivity index (χ4n) is 1.39. The standard InChI is InChI=1S/C13H21ClN4O2S/c1-13(2,3)20-12(19)16-7-5-6-15-10-8-9(14)17-11(18-10)21-4/h8H,5-7H2,1-4H3,(H,16,19)(H,15,17,18). The number of nitrogens with one attached hydrogen (secondary N) is 2. The molecule has 0 atom stereocenters. The topological polar surface area (TPSA) is 76.1 Å². The maximum Gasteiger partial charge on any atom is 0.407 e. The van der Waals surface area contributed by atoms with Crippen molar-refractivity contribution in [2.24, 2.45) is 0 Å². The van der Waals surface area contributed by atoms with Crippen LogP contribution >= 0.6 is 23.4 Å². The van der Waals surface area contributed by atoms with Crippen molar-refractivity contribution in [1.29, 1.82) is 0 Å². The van der Waals surface area contributed by atoms with Gasteiger partial charge in [-0.05, 0) is 33.4 Å². The number of ether oxygens (including phenoxy) is 1. The first-order valence-corrected chi connectivity index (χ1v) is 8.20. The number of rotatable bonds is 6. The Hall–Kier alpha value is -1.21. The van der Waals surface area contributed by atoms with E-state index in [1.165, 1.54) is 11.8 Å². The molecule has 1 aromatic heterocycles. The number of carbonyl (C=O) groups is 1. The summed E-state index contributed by atoms with van der Waals surface area (Å²) in [7, 11) is 0.